The summed E-state index contributed by atoms with van der Waals surface area (Å²) in [6.07, 6.45) is 1.91. The van der Waals surface area contributed by atoms with Crippen LogP contribution in [0, 0.1) is 17.1 Å². The third-order valence-electron chi connectivity index (χ3n) is 2.49. The molecule has 17 heavy (non-hydrogen) atoms. The van der Waals surface area contributed by atoms with E-state index in [-0.39, 0.29) is 11.6 Å². The van der Waals surface area contributed by atoms with Crippen LogP contribution in [0.1, 0.15) is 25.3 Å². The maximum absolute atomic E-state index is 13.4. The molecule has 1 atom stereocenters. The van der Waals surface area contributed by atoms with Crippen molar-refractivity contribution < 1.29 is 9.13 Å². The molecule has 1 unspecified atom stereocenters. The van der Waals surface area contributed by atoms with Crippen LogP contribution in [0.25, 0.3) is 0 Å². The number of rotatable bonds is 6. The van der Waals surface area contributed by atoms with Gasteiger partial charge in [0.2, 0.25) is 0 Å². The molecular formula is C13H17FN2O. The first-order valence-corrected chi connectivity index (χ1v) is 5.67. The van der Waals surface area contributed by atoms with E-state index in [4.69, 9.17) is 10.00 Å². The molecule has 0 bridgehead atoms. The Kier molecular flexibility index (Phi) is 5.44. The van der Waals surface area contributed by atoms with Crippen LogP contribution in [0.3, 0.4) is 0 Å². The number of anilines is 1. The smallest absolute Gasteiger partial charge is 0.143 e. The van der Waals surface area contributed by atoms with Gasteiger partial charge in [-0.05, 0) is 18.6 Å². The molecule has 0 saturated carbocycles. The van der Waals surface area contributed by atoms with Crippen molar-refractivity contribution in [2.24, 2.45) is 0 Å². The Morgan fingerprint density at radius 3 is 2.88 bits per heavy atom. The minimum Gasteiger partial charge on any atom is -0.383 e. The average Bonchev–Trinajstić information content (AvgIpc) is 2.30. The maximum atomic E-state index is 13.4. The molecular weight excluding hydrogens is 219 g/mol. The molecule has 1 rings (SSSR count). The van der Waals surface area contributed by atoms with Crippen molar-refractivity contribution in [2.45, 2.75) is 25.8 Å². The van der Waals surface area contributed by atoms with Gasteiger partial charge in [-0.15, -0.1) is 0 Å². The van der Waals surface area contributed by atoms with Gasteiger partial charge in [-0.25, -0.2) is 4.39 Å². The summed E-state index contributed by atoms with van der Waals surface area (Å²) in [7, 11) is 1.63. The quantitative estimate of drug-likeness (QED) is 0.826. The van der Waals surface area contributed by atoms with Crippen molar-refractivity contribution >= 4 is 5.69 Å². The van der Waals surface area contributed by atoms with E-state index in [0.717, 1.165) is 12.8 Å². The average molecular weight is 236 g/mol. The van der Waals surface area contributed by atoms with Gasteiger partial charge in [-0.3, -0.25) is 0 Å². The zero-order chi connectivity index (χ0) is 12.7. The molecule has 0 aromatic heterocycles. The van der Waals surface area contributed by atoms with Crippen LogP contribution in [-0.2, 0) is 4.74 Å². The predicted molar refractivity (Wildman–Crippen MR) is 65.3 cm³/mol. The Bertz CT molecular complexity index is 395. The van der Waals surface area contributed by atoms with Crippen LogP contribution in [-0.4, -0.2) is 19.8 Å². The first-order chi connectivity index (χ1) is 8.22. The number of benzene rings is 1. The van der Waals surface area contributed by atoms with Gasteiger partial charge in [0, 0.05) is 13.2 Å². The zero-order valence-electron chi connectivity index (χ0n) is 10.2. The third-order valence-corrected chi connectivity index (χ3v) is 2.49. The fraction of sp³-hybridized carbons (Fsp3) is 0.462. The Balaban J connectivity index is 2.85. The molecule has 1 aromatic rings. The van der Waals surface area contributed by atoms with Crippen molar-refractivity contribution in [1.82, 2.24) is 0 Å². The lowest BCUT2D eigenvalue weighted by molar-refractivity contribution is 0.182. The summed E-state index contributed by atoms with van der Waals surface area (Å²) in [4.78, 5) is 0. The highest BCUT2D eigenvalue weighted by Gasteiger charge is 2.12. The summed E-state index contributed by atoms with van der Waals surface area (Å²) < 4.78 is 18.5. The van der Waals surface area contributed by atoms with Crippen molar-refractivity contribution in [1.29, 1.82) is 5.26 Å². The van der Waals surface area contributed by atoms with Gasteiger partial charge in [-0.2, -0.15) is 5.26 Å². The van der Waals surface area contributed by atoms with E-state index in [2.05, 4.69) is 12.2 Å². The molecule has 4 heteroatoms. The van der Waals surface area contributed by atoms with Crippen LogP contribution in [0.4, 0.5) is 10.1 Å². The molecule has 0 amide bonds. The molecule has 1 aromatic carbocycles. The third kappa shape index (κ3) is 3.72. The minimum absolute atomic E-state index is 0.0599. The molecule has 3 nitrogen and oxygen atoms in total. The van der Waals surface area contributed by atoms with E-state index in [1.54, 1.807) is 19.2 Å². The Morgan fingerprint density at radius 1 is 1.53 bits per heavy atom. The lowest BCUT2D eigenvalue weighted by atomic mass is 10.1. The largest absolute Gasteiger partial charge is 0.383 e. The molecule has 1 N–H and O–H groups in total. The molecule has 0 aliphatic heterocycles. The topological polar surface area (TPSA) is 45.0 Å². The lowest BCUT2D eigenvalue weighted by Crippen LogP contribution is -2.25. The van der Waals surface area contributed by atoms with E-state index in [9.17, 15) is 4.39 Å². The van der Waals surface area contributed by atoms with Gasteiger partial charge in [-0.1, -0.05) is 19.4 Å². The predicted octanol–water partition coefficient (Wildman–Crippen LogP) is 2.92. The summed E-state index contributed by atoms with van der Waals surface area (Å²) in [5, 5.41) is 12.1. The number of ether oxygens (including phenoxy) is 1. The van der Waals surface area contributed by atoms with Crippen LogP contribution in [0.2, 0.25) is 0 Å². The second kappa shape index (κ2) is 6.87. The first-order valence-electron chi connectivity index (χ1n) is 5.67. The number of nitriles is 1. The highest BCUT2D eigenvalue weighted by atomic mass is 19.1. The first kappa shape index (κ1) is 13.5. The van der Waals surface area contributed by atoms with Gasteiger partial charge < -0.3 is 10.1 Å². The van der Waals surface area contributed by atoms with E-state index < -0.39 is 5.82 Å². The molecule has 92 valence electrons. The van der Waals surface area contributed by atoms with Crippen LogP contribution in [0.5, 0.6) is 0 Å². The normalized spacial score (nSPS) is 11.9. The SMILES string of the molecule is CCCC(COC)Nc1cccc(F)c1C#N. The molecule has 0 radical (unpaired) electrons. The van der Waals surface area contributed by atoms with E-state index in [0.29, 0.717) is 12.3 Å². The van der Waals surface area contributed by atoms with Crippen LogP contribution < -0.4 is 5.32 Å². The monoisotopic (exact) mass is 236 g/mol. The van der Waals surface area contributed by atoms with Crippen LogP contribution >= 0.6 is 0 Å². The number of halogens is 1. The van der Waals surface area contributed by atoms with E-state index in [1.807, 2.05) is 6.07 Å². The summed E-state index contributed by atoms with van der Waals surface area (Å²) in [5.41, 5.74) is 0.590. The Hall–Kier alpha value is -1.60. The van der Waals surface area contributed by atoms with E-state index >= 15 is 0 Å². The summed E-state index contributed by atoms with van der Waals surface area (Å²) in [6, 6.07) is 6.56. The Morgan fingerprint density at radius 2 is 2.29 bits per heavy atom. The molecule has 0 heterocycles. The number of hydrogen-bond acceptors (Lipinski definition) is 3. The molecule has 0 aliphatic carbocycles. The van der Waals surface area contributed by atoms with Gasteiger partial charge in [0.1, 0.15) is 17.4 Å². The maximum Gasteiger partial charge on any atom is 0.143 e. The number of methoxy groups -OCH3 is 1. The lowest BCUT2D eigenvalue weighted by Gasteiger charge is -2.19. The summed E-state index contributed by atoms with van der Waals surface area (Å²) in [5.74, 6) is -0.495. The van der Waals surface area contributed by atoms with Crippen molar-refractivity contribution in [3.63, 3.8) is 0 Å². The number of hydrogen-bond donors (Lipinski definition) is 1. The fourth-order valence-electron chi connectivity index (χ4n) is 1.72. The second-order valence-electron chi connectivity index (χ2n) is 3.86. The van der Waals surface area contributed by atoms with Gasteiger partial charge in [0.05, 0.1) is 12.3 Å². The Labute approximate surface area is 101 Å². The molecule has 0 saturated heterocycles. The highest BCUT2D eigenvalue weighted by Crippen LogP contribution is 2.19. The standard InChI is InChI=1S/C13H17FN2O/c1-3-5-10(9-17-2)16-13-7-4-6-12(14)11(13)8-15/h4,6-7,10,16H,3,5,9H2,1-2H3. The fourth-order valence-corrected chi connectivity index (χ4v) is 1.72. The number of nitrogens with zero attached hydrogens (tertiary/aromatic N) is 1. The van der Waals surface area contributed by atoms with Crippen LogP contribution in [0.15, 0.2) is 18.2 Å². The molecule has 0 spiro atoms. The molecule has 0 aliphatic rings. The zero-order valence-corrected chi connectivity index (χ0v) is 10.2. The van der Waals surface area contributed by atoms with Gasteiger partial charge in [0.25, 0.3) is 0 Å². The van der Waals surface area contributed by atoms with Crippen molar-refractivity contribution in [3.05, 3.63) is 29.6 Å². The van der Waals surface area contributed by atoms with Gasteiger partial charge in [0.15, 0.2) is 0 Å². The second-order valence-corrected chi connectivity index (χ2v) is 3.86. The minimum atomic E-state index is -0.495. The summed E-state index contributed by atoms with van der Waals surface area (Å²) in [6.45, 7) is 2.61. The highest BCUT2D eigenvalue weighted by molar-refractivity contribution is 5.58. The van der Waals surface area contributed by atoms with Gasteiger partial charge >= 0.3 is 0 Å². The van der Waals surface area contributed by atoms with Crippen molar-refractivity contribution in [3.8, 4) is 6.07 Å². The van der Waals surface area contributed by atoms with E-state index in [1.165, 1.54) is 6.07 Å². The molecule has 0 fully saturated rings. The number of nitrogens with one attached hydrogen (secondary N) is 1. The summed E-state index contributed by atoms with van der Waals surface area (Å²) >= 11 is 0. The van der Waals surface area contributed by atoms with Crippen molar-refractivity contribution in [2.75, 3.05) is 19.0 Å².